The van der Waals surface area contributed by atoms with Gasteiger partial charge >= 0.3 is 0 Å². The molecule has 0 spiro atoms. The zero-order valence-electron chi connectivity index (χ0n) is 10.8. The monoisotopic (exact) mass is 258 g/mol. The Labute approximate surface area is 110 Å². The van der Waals surface area contributed by atoms with Crippen LogP contribution in [0.15, 0.2) is 30.6 Å². The number of anilines is 1. The molecule has 2 rings (SSSR count). The van der Waals surface area contributed by atoms with Crippen LogP contribution in [-0.2, 0) is 6.54 Å². The van der Waals surface area contributed by atoms with E-state index >= 15 is 0 Å². The smallest absolute Gasteiger partial charge is 0.272 e. The molecule has 0 atom stereocenters. The number of hydrogen-bond donors (Lipinski definition) is 1. The van der Waals surface area contributed by atoms with Crippen molar-refractivity contribution in [2.45, 2.75) is 20.4 Å². The first-order valence-electron chi connectivity index (χ1n) is 5.83. The van der Waals surface area contributed by atoms with Crippen molar-refractivity contribution in [3.05, 3.63) is 57.4 Å². The molecule has 1 N–H and O–H groups in total. The highest BCUT2D eigenvalue weighted by Gasteiger charge is 2.12. The summed E-state index contributed by atoms with van der Waals surface area (Å²) >= 11 is 0. The molecule has 1 aromatic heterocycles. The summed E-state index contributed by atoms with van der Waals surface area (Å²) in [7, 11) is 0. The molecule has 0 bridgehead atoms. The summed E-state index contributed by atoms with van der Waals surface area (Å²) in [5, 5.41) is 13.9. The van der Waals surface area contributed by atoms with Gasteiger partial charge in [0.25, 0.3) is 5.69 Å². The molecule has 6 nitrogen and oxygen atoms in total. The van der Waals surface area contributed by atoms with Gasteiger partial charge in [0, 0.05) is 30.6 Å². The number of benzene rings is 1. The zero-order valence-corrected chi connectivity index (χ0v) is 10.8. The average Bonchev–Trinajstić information content (AvgIpc) is 2.39. The van der Waals surface area contributed by atoms with Crippen LogP contribution in [0.2, 0.25) is 0 Å². The van der Waals surface area contributed by atoms with E-state index in [9.17, 15) is 10.1 Å². The second-order valence-corrected chi connectivity index (χ2v) is 4.26. The van der Waals surface area contributed by atoms with E-state index in [0.717, 1.165) is 11.1 Å². The molecule has 19 heavy (non-hydrogen) atoms. The van der Waals surface area contributed by atoms with E-state index in [1.54, 1.807) is 25.4 Å². The number of hydrogen-bond acceptors (Lipinski definition) is 5. The quantitative estimate of drug-likeness (QED) is 0.673. The molecular weight excluding hydrogens is 244 g/mol. The first-order valence-corrected chi connectivity index (χ1v) is 5.83. The van der Waals surface area contributed by atoms with Gasteiger partial charge in [0.2, 0.25) is 5.95 Å². The average molecular weight is 258 g/mol. The Bertz CT molecular complexity index is 596. The van der Waals surface area contributed by atoms with Crippen LogP contribution >= 0.6 is 0 Å². The first-order chi connectivity index (χ1) is 9.08. The fraction of sp³-hybridized carbons (Fsp3) is 0.231. The third kappa shape index (κ3) is 3.04. The normalized spacial score (nSPS) is 10.2. The largest absolute Gasteiger partial charge is 0.350 e. The number of aryl methyl sites for hydroxylation is 1. The van der Waals surface area contributed by atoms with Crippen molar-refractivity contribution in [3.63, 3.8) is 0 Å². The van der Waals surface area contributed by atoms with E-state index < -0.39 is 0 Å². The summed E-state index contributed by atoms with van der Waals surface area (Å²) in [6, 6.07) is 5.03. The number of nitro groups is 1. The van der Waals surface area contributed by atoms with Gasteiger partial charge in [-0.05, 0) is 25.0 Å². The van der Waals surface area contributed by atoms with Crippen LogP contribution in [0.5, 0.6) is 0 Å². The van der Waals surface area contributed by atoms with Gasteiger partial charge in [-0.1, -0.05) is 12.1 Å². The fourth-order valence-corrected chi connectivity index (χ4v) is 1.72. The Morgan fingerprint density at radius 2 is 1.95 bits per heavy atom. The van der Waals surface area contributed by atoms with Crippen molar-refractivity contribution < 1.29 is 4.92 Å². The standard InChI is InChI=1S/C13H14N4O2/c1-9-6-14-13(15-7-9)16-8-11-4-3-5-12(10(11)2)17(18)19/h3-7H,8H2,1-2H3,(H,14,15,16). The maximum atomic E-state index is 10.8. The highest BCUT2D eigenvalue weighted by Crippen LogP contribution is 2.21. The minimum Gasteiger partial charge on any atom is -0.350 e. The lowest BCUT2D eigenvalue weighted by molar-refractivity contribution is -0.385. The van der Waals surface area contributed by atoms with E-state index in [0.29, 0.717) is 18.1 Å². The third-order valence-electron chi connectivity index (χ3n) is 2.83. The molecule has 98 valence electrons. The molecule has 2 aromatic rings. The molecule has 0 aliphatic heterocycles. The number of nitrogens with zero attached hydrogens (tertiary/aromatic N) is 3. The minimum absolute atomic E-state index is 0.129. The Kier molecular flexibility index (Phi) is 3.70. The van der Waals surface area contributed by atoms with Crippen LogP contribution in [0.4, 0.5) is 11.6 Å². The summed E-state index contributed by atoms with van der Waals surface area (Å²) in [5.41, 5.74) is 2.63. The van der Waals surface area contributed by atoms with Gasteiger partial charge in [-0.2, -0.15) is 0 Å². The predicted octanol–water partition coefficient (Wildman–Crippen LogP) is 2.61. The van der Waals surface area contributed by atoms with E-state index in [1.807, 2.05) is 13.0 Å². The molecule has 6 heteroatoms. The Hall–Kier alpha value is -2.50. The van der Waals surface area contributed by atoms with Crippen molar-refractivity contribution in [2.75, 3.05) is 5.32 Å². The zero-order chi connectivity index (χ0) is 13.8. The lowest BCUT2D eigenvalue weighted by Crippen LogP contribution is -2.06. The summed E-state index contributed by atoms with van der Waals surface area (Å²) in [6.07, 6.45) is 3.44. The van der Waals surface area contributed by atoms with Gasteiger partial charge < -0.3 is 5.32 Å². The molecular formula is C13H14N4O2. The Morgan fingerprint density at radius 3 is 2.58 bits per heavy atom. The van der Waals surface area contributed by atoms with Crippen LogP contribution in [0.1, 0.15) is 16.7 Å². The number of rotatable bonds is 4. The summed E-state index contributed by atoms with van der Waals surface area (Å²) in [4.78, 5) is 18.7. The van der Waals surface area contributed by atoms with Crippen LogP contribution in [0.25, 0.3) is 0 Å². The van der Waals surface area contributed by atoms with E-state index in [4.69, 9.17) is 0 Å². The van der Waals surface area contributed by atoms with Crippen molar-refractivity contribution in [1.82, 2.24) is 9.97 Å². The van der Waals surface area contributed by atoms with Gasteiger partial charge in [0.1, 0.15) is 0 Å². The maximum absolute atomic E-state index is 10.8. The number of nitro benzene ring substituents is 1. The lowest BCUT2D eigenvalue weighted by Gasteiger charge is -2.08. The molecule has 0 aliphatic rings. The SMILES string of the molecule is Cc1cnc(NCc2cccc([N+](=O)[O-])c2C)nc1. The van der Waals surface area contributed by atoms with Crippen LogP contribution < -0.4 is 5.32 Å². The summed E-state index contributed by atoms with van der Waals surface area (Å²) in [6.45, 7) is 4.11. The number of aromatic nitrogens is 2. The van der Waals surface area contributed by atoms with Gasteiger partial charge in [0.15, 0.2) is 0 Å². The highest BCUT2D eigenvalue weighted by molar-refractivity contribution is 5.45. The van der Waals surface area contributed by atoms with Crippen molar-refractivity contribution >= 4 is 11.6 Å². The van der Waals surface area contributed by atoms with Crippen LogP contribution in [-0.4, -0.2) is 14.9 Å². The first kappa shape index (κ1) is 12.9. The molecule has 0 saturated heterocycles. The van der Waals surface area contributed by atoms with Crippen LogP contribution in [0, 0.1) is 24.0 Å². The number of nitrogens with one attached hydrogen (secondary N) is 1. The molecule has 1 aromatic carbocycles. The Balaban J connectivity index is 2.13. The molecule has 0 unspecified atom stereocenters. The molecule has 0 fully saturated rings. The Morgan fingerprint density at radius 1 is 1.26 bits per heavy atom. The highest BCUT2D eigenvalue weighted by atomic mass is 16.6. The summed E-state index contributed by atoms with van der Waals surface area (Å²) < 4.78 is 0. The predicted molar refractivity (Wildman–Crippen MR) is 71.9 cm³/mol. The van der Waals surface area contributed by atoms with E-state index in [-0.39, 0.29) is 10.6 Å². The minimum atomic E-state index is -0.374. The van der Waals surface area contributed by atoms with E-state index in [2.05, 4.69) is 15.3 Å². The summed E-state index contributed by atoms with van der Waals surface area (Å²) in [5.74, 6) is 0.511. The topological polar surface area (TPSA) is 81.0 Å². The van der Waals surface area contributed by atoms with Gasteiger partial charge in [-0.25, -0.2) is 9.97 Å². The third-order valence-corrected chi connectivity index (χ3v) is 2.83. The molecule has 1 heterocycles. The fourth-order valence-electron chi connectivity index (χ4n) is 1.72. The second-order valence-electron chi connectivity index (χ2n) is 4.26. The molecule has 0 radical (unpaired) electrons. The van der Waals surface area contributed by atoms with Gasteiger partial charge in [-0.3, -0.25) is 10.1 Å². The van der Waals surface area contributed by atoms with Gasteiger partial charge in [0.05, 0.1) is 4.92 Å². The van der Waals surface area contributed by atoms with Gasteiger partial charge in [-0.15, -0.1) is 0 Å². The van der Waals surface area contributed by atoms with Crippen LogP contribution in [0.3, 0.4) is 0 Å². The molecule has 0 saturated carbocycles. The van der Waals surface area contributed by atoms with Crippen molar-refractivity contribution in [3.8, 4) is 0 Å². The van der Waals surface area contributed by atoms with Crippen molar-refractivity contribution in [2.24, 2.45) is 0 Å². The molecule has 0 aliphatic carbocycles. The lowest BCUT2D eigenvalue weighted by atomic mass is 10.1. The van der Waals surface area contributed by atoms with E-state index in [1.165, 1.54) is 6.07 Å². The maximum Gasteiger partial charge on any atom is 0.272 e. The molecule has 0 amide bonds. The van der Waals surface area contributed by atoms with Crippen molar-refractivity contribution in [1.29, 1.82) is 0 Å². The second kappa shape index (κ2) is 5.43.